The molecule has 1 aliphatic heterocycles. The molecule has 0 saturated carbocycles. The molecule has 1 N–H and O–H groups in total. The van der Waals surface area contributed by atoms with Crippen molar-refractivity contribution in [1.82, 2.24) is 5.32 Å². The van der Waals surface area contributed by atoms with Gasteiger partial charge in [-0.3, -0.25) is 0 Å². The Balaban J connectivity index is 2.10. The first kappa shape index (κ1) is 18.3. The largest absolute Gasteiger partial charge is 0.416 e. The summed E-state index contributed by atoms with van der Waals surface area (Å²) in [6.07, 6.45) is -3.75. The Morgan fingerprint density at radius 1 is 1.30 bits per heavy atom. The number of hydrogen-bond acceptors (Lipinski definition) is 3. The third-order valence-corrected chi connectivity index (χ3v) is 6.03. The molecule has 3 nitrogen and oxygen atoms in total. The van der Waals surface area contributed by atoms with E-state index in [0.717, 1.165) is 6.07 Å². The van der Waals surface area contributed by atoms with Gasteiger partial charge in [-0.05, 0) is 42.5 Å². The van der Waals surface area contributed by atoms with Crippen LogP contribution in [0.25, 0.3) is 0 Å². The summed E-state index contributed by atoms with van der Waals surface area (Å²) in [7, 11) is -2.94. The van der Waals surface area contributed by atoms with Crippen LogP contribution < -0.4 is 5.32 Å². The lowest BCUT2D eigenvalue weighted by atomic mass is 9.94. The summed E-state index contributed by atoms with van der Waals surface area (Å²) < 4.78 is 61.6. The highest BCUT2D eigenvalue weighted by atomic mass is 32.2. The molecule has 2 rings (SSSR count). The van der Waals surface area contributed by atoms with Gasteiger partial charge in [-0.1, -0.05) is 26.0 Å². The predicted octanol–water partition coefficient (Wildman–Crippen LogP) is 3.43. The van der Waals surface area contributed by atoms with Crippen molar-refractivity contribution in [2.45, 2.75) is 32.5 Å². The minimum absolute atomic E-state index is 0.0343. The molecule has 2 atom stereocenters. The molecule has 130 valence electrons. The summed E-state index contributed by atoms with van der Waals surface area (Å²) in [5.41, 5.74) is -0.0819. The lowest BCUT2D eigenvalue weighted by molar-refractivity contribution is -0.137. The second-order valence-electron chi connectivity index (χ2n) is 6.52. The van der Waals surface area contributed by atoms with Gasteiger partial charge in [-0.15, -0.1) is 0 Å². The van der Waals surface area contributed by atoms with Crippen molar-refractivity contribution in [2.24, 2.45) is 11.8 Å². The third kappa shape index (κ3) is 4.94. The first-order valence-electron chi connectivity index (χ1n) is 7.69. The number of benzene rings is 1. The Morgan fingerprint density at radius 3 is 2.52 bits per heavy atom. The molecule has 1 fully saturated rings. The van der Waals surface area contributed by atoms with E-state index in [1.165, 1.54) is 12.1 Å². The number of rotatable bonds is 5. The van der Waals surface area contributed by atoms with Crippen molar-refractivity contribution in [3.8, 4) is 0 Å². The highest BCUT2D eigenvalue weighted by molar-refractivity contribution is 7.91. The number of halogens is 3. The molecule has 0 amide bonds. The Bertz CT molecular complexity index is 641. The molecular weight excluding hydrogens is 327 g/mol. The van der Waals surface area contributed by atoms with Crippen LogP contribution in [0.3, 0.4) is 0 Å². The number of hydrogen-bond donors (Lipinski definition) is 1. The van der Waals surface area contributed by atoms with Crippen LogP contribution in [0.2, 0.25) is 0 Å². The maximum atomic E-state index is 12.9. The van der Waals surface area contributed by atoms with E-state index in [9.17, 15) is 21.6 Å². The Labute approximate surface area is 135 Å². The number of nitrogens with one attached hydrogen (secondary N) is 1. The fourth-order valence-electron chi connectivity index (χ4n) is 2.97. The zero-order valence-electron chi connectivity index (χ0n) is 13.2. The van der Waals surface area contributed by atoms with Gasteiger partial charge < -0.3 is 5.32 Å². The summed E-state index contributed by atoms with van der Waals surface area (Å²) in [5.74, 6) is 0.492. The SMILES string of the molecule is CC(C)C(NCC1CCS(=O)(=O)C1)c1cccc(C(F)(F)F)c1. The molecule has 0 radical (unpaired) electrons. The Hall–Kier alpha value is -1.08. The van der Waals surface area contributed by atoms with Crippen LogP contribution >= 0.6 is 0 Å². The lowest BCUT2D eigenvalue weighted by Gasteiger charge is -2.25. The fraction of sp³-hybridized carbons (Fsp3) is 0.625. The summed E-state index contributed by atoms with van der Waals surface area (Å²) in [5, 5.41) is 3.26. The van der Waals surface area contributed by atoms with E-state index < -0.39 is 21.6 Å². The van der Waals surface area contributed by atoms with Gasteiger partial charge in [0.25, 0.3) is 0 Å². The average molecular weight is 349 g/mol. The quantitative estimate of drug-likeness (QED) is 0.886. The van der Waals surface area contributed by atoms with Gasteiger partial charge in [0.1, 0.15) is 0 Å². The molecule has 0 spiro atoms. The standard InChI is InChI=1S/C16H22F3NO2S/c1-11(2)15(20-9-12-6-7-23(21,22)10-12)13-4-3-5-14(8-13)16(17,18)19/h3-5,8,11-12,15,20H,6-7,9-10H2,1-2H3. The van der Waals surface area contributed by atoms with Gasteiger partial charge in [0, 0.05) is 6.04 Å². The molecule has 1 heterocycles. The Morgan fingerprint density at radius 2 is 2.00 bits per heavy atom. The number of alkyl halides is 3. The van der Waals surface area contributed by atoms with Crippen LogP contribution in [0.1, 0.15) is 37.4 Å². The number of sulfone groups is 1. The first-order chi connectivity index (χ1) is 10.6. The molecule has 2 unspecified atom stereocenters. The van der Waals surface area contributed by atoms with Gasteiger partial charge in [0.2, 0.25) is 0 Å². The molecule has 1 aliphatic rings. The fourth-order valence-corrected chi connectivity index (χ4v) is 4.84. The van der Waals surface area contributed by atoms with Crippen molar-refractivity contribution in [2.75, 3.05) is 18.1 Å². The van der Waals surface area contributed by atoms with Crippen molar-refractivity contribution in [3.63, 3.8) is 0 Å². The molecule has 23 heavy (non-hydrogen) atoms. The third-order valence-electron chi connectivity index (χ3n) is 4.19. The van der Waals surface area contributed by atoms with Crippen LogP contribution in [0, 0.1) is 11.8 Å². The van der Waals surface area contributed by atoms with Crippen LogP contribution in [-0.4, -0.2) is 26.5 Å². The van der Waals surface area contributed by atoms with Gasteiger partial charge in [0.15, 0.2) is 9.84 Å². The predicted molar refractivity (Wildman–Crippen MR) is 83.8 cm³/mol. The first-order valence-corrected chi connectivity index (χ1v) is 9.51. The van der Waals surface area contributed by atoms with Crippen molar-refractivity contribution in [1.29, 1.82) is 0 Å². The molecular formula is C16H22F3NO2S. The van der Waals surface area contributed by atoms with E-state index in [0.29, 0.717) is 18.5 Å². The second-order valence-corrected chi connectivity index (χ2v) is 8.75. The van der Waals surface area contributed by atoms with Crippen LogP contribution in [0.5, 0.6) is 0 Å². The maximum absolute atomic E-state index is 12.9. The van der Waals surface area contributed by atoms with Gasteiger partial charge in [0.05, 0.1) is 17.1 Å². The maximum Gasteiger partial charge on any atom is 0.416 e. The lowest BCUT2D eigenvalue weighted by Crippen LogP contribution is -2.31. The summed E-state index contributed by atoms with van der Waals surface area (Å²) in [6.45, 7) is 4.37. The summed E-state index contributed by atoms with van der Waals surface area (Å²) in [6, 6.07) is 5.08. The molecule has 7 heteroatoms. The van der Waals surface area contributed by atoms with E-state index in [4.69, 9.17) is 0 Å². The van der Waals surface area contributed by atoms with Gasteiger partial charge in [-0.2, -0.15) is 13.2 Å². The van der Waals surface area contributed by atoms with Crippen molar-refractivity contribution >= 4 is 9.84 Å². The molecule has 1 aromatic rings. The van der Waals surface area contributed by atoms with Crippen molar-refractivity contribution < 1.29 is 21.6 Å². The summed E-state index contributed by atoms with van der Waals surface area (Å²) in [4.78, 5) is 0. The van der Waals surface area contributed by atoms with Gasteiger partial charge >= 0.3 is 6.18 Å². The van der Waals surface area contributed by atoms with E-state index in [-0.39, 0.29) is 29.4 Å². The highest BCUT2D eigenvalue weighted by Gasteiger charge is 2.32. The van der Waals surface area contributed by atoms with Crippen LogP contribution in [-0.2, 0) is 16.0 Å². The van der Waals surface area contributed by atoms with E-state index in [2.05, 4.69) is 5.32 Å². The van der Waals surface area contributed by atoms with Gasteiger partial charge in [-0.25, -0.2) is 8.42 Å². The normalized spacial score (nSPS) is 22.4. The molecule has 0 bridgehead atoms. The smallest absolute Gasteiger partial charge is 0.309 e. The molecule has 0 aromatic heterocycles. The average Bonchev–Trinajstić information content (AvgIpc) is 2.77. The molecule has 0 aliphatic carbocycles. The van der Waals surface area contributed by atoms with E-state index >= 15 is 0 Å². The summed E-state index contributed by atoms with van der Waals surface area (Å²) >= 11 is 0. The van der Waals surface area contributed by atoms with E-state index in [1.807, 2.05) is 13.8 Å². The van der Waals surface area contributed by atoms with Crippen molar-refractivity contribution in [3.05, 3.63) is 35.4 Å². The second kappa shape index (κ2) is 6.81. The Kier molecular flexibility index (Phi) is 5.41. The highest BCUT2D eigenvalue weighted by Crippen LogP contribution is 2.32. The minimum atomic E-state index is -4.36. The topological polar surface area (TPSA) is 46.2 Å². The van der Waals surface area contributed by atoms with E-state index in [1.54, 1.807) is 6.07 Å². The zero-order chi connectivity index (χ0) is 17.3. The van der Waals surface area contributed by atoms with Crippen LogP contribution in [0.15, 0.2) is 24.3 Å². The minimum Gasteiger partial charge on any atom is -0.309 e. The van der Waals surface area contributed by atoms with Crippen LogP contribution in [0.4, 0.5) is 13.2 Å². The zero-order valence-corrected chi connectivity index (χ0v) is 14.0. The monoisotopic (exact) mass is 349 g/mol. The molecule has 1 aromatic carbocycles. The molecule has 1 saturated heterocycles.